The standard InChI is InChI=1S/C24H33F2N5O3/c1-5-16-7-6-8-18(11-16)34-21-10-9-19(27-15(21)2)22-20(31(4)29-28-22)14-33-23(32)30(3)17-12-24(25,26)13-17/h9-10,16-18H,5-8,11-14H2,1-4H3/t16-,18+/m1/s1. The fourth-order valence-electron chi connectivity index (χ4n) is 4.73. The lowest BCUT2D eigenvalue weighted by Crippen LogP contribution is -2.51. The van der Waals surface area contributed by atoms with Crippen molar-refractivity contribution in [3.05, 3.63) is 23.5 Å². The Hall–Kier alpha value is -2.78. The van der Waals surface area contributed by atoms with Gasteiger partial charge in [0.05, 0.1) is 17.5 Å². The minimum Gasteiger partial charge on any atom is -0.489 e. The van der Waals surface area contributed by atoms with E-state index in [4.69, 9.17) is 9.47 Å². The summed E-state index contributed by atoms with van der Waals surface area (Å²) in [6, 6.07) is 3.23. The van der Waals surface area contributed by atoms with E-state index in [-0.39, 0.29) is 25.6 Å². The van der Waals surface area contributed by atoms with Gasteiger partial charge in [-0.3, -0.25) is 0 Å². The van der Waals surface area contributed by atoms with Crippen LogP contribution >= 0.6 is 0 Å². The van der Waals surface area contributed by atoms with Crippen molar-refractivity contribution in [3.8, 4) is 17.1 Å². The number of hydrogen-bond acceptors (Lipinski definition) is 6. The second-order valence-electron chi connectivity index (χ2n) is 9.55. The van der Waals surface area contributed by atoms with Crippen molar-refractivity contribution in [2.24, 2.45) is 13.0 Å². The molecule has 0 aromatic carbocycles. The predicted octanol–water partition coefficient (Wildman–Crippen LogP) is 4.90. The molecule has 4 rings (SSSR count). The van der Waals surface area contributed by atoms with E-state index in [9.17, 15) is 13.6 Å². The Morgan fingerprint density at radius 1 is 1.29 bits per heavy atom. The van der Waals surface area contributed by atoms with Crippen LogP contribution in [0.3, 0.4) is 0 Å². The molecule has 2 atom stereocenters. The second kappa shape index (κ2) is 9.84. The first-order valence-corrected chi connectivity index (χ1v) is 12.0. The highest BCUT2D eigenvalue weighted by Gasteiger charge is 2.48. The van der Waals surface area contributed by atoms with E-state index < -0.39 is 18.1 Å². The van der Waals surface area contributed by atoms with E-state index in [1.54, 1.807) is 7.05 Å². The average Bonchev–Trinajstić information content (AvgIpc) is 3.17. The lowest BCUT2D eigenvalue weighted by Gasteiger charge is -2.40. The van der Waals surface area contributed by atoms with Gasteiger partial charge in [0.1, 0.15) is 23.7 Å². The number of carbonyl (C=O) groups is 1. The topological polar surface area (TPSA) is 82.4 Å². The minimum absolute atomic E-state index is 0.0927. The molecular formula is C24H33F2N5O3. The Labute approximate surface area is 198 Å². The summed E-state index contributed by atoms with van der Waals surface area (Å²) in [5.74, 6) is -1.22. The third-order valence-electron chi connectivity index (χ3n) is 7.07. The average molecular weight is 478 g/mol. The number of alkyl halides is 2. The van der Waals surface area contributed by atoms with Gasteiger partial charge in [-0.2, -0.15) is 0 Å². The zero-order chi connectivity index (χ0) is 24.5. The van der Waals surface area contributed by atoms with Crippen molar-refractivity contribution >= 4 is 6.09 Å². The lowest BCUT2D eigenvalue weighted by atomic mass is 9.85. The molecule has 34 heavy (non-hydrogen) atoms. The zero-order valence-electron chi connectivity index (χ0n) is 20.3. The molecule has 0 unspecified atom stereocenters. The molecule has 0 bridgehead atoms. The number of pyridine rings is 1. The molecule has 0 radical (unpaired) electrons. The van der Waals surface area contributed by atoms with Gasteiger partial charge in [0.2, 0.25) is 0 Å². The smallest absolute Gasteiger partial charge is 0.410 e. The molecule has 2 saturated carbocycles. The van der Waals surface area contributed by atoms with Gasteiger partial charge < -0.3 is 14.4 Å². The fourth-order valence-corrected chi connectivity index (χ4v) is 4.73. The van der Waals surface area contributed by atoms with Crippen LogP contribution in [0.5, 0.6) is 5.75 Å². The van der Waals surface area contributed by atoms with Crippen molar-refractivity contribution in [1.82, 2.24) is 24.9 Å². The van der Waals surface area contributed by atoms with Gasteiger partial charge in [0.25, 0.3) is 5.92 Å². The number of carbonyl (C=O) groups excluding carboxylic acids is 1. The second-order valence-corrected chi connectivity index (χ2v) is 9.55. The molecule has 0 N–H and O–H groups in total. The maximum absolute atomic E-state index is 13.1. The summed E-state index contributed by atoms with van der Waals surface area (Å²) in [6.07, 6.45) is 4.66. The Kier molecular flexibility index (Phi) is 7.04. The Balaban J connectivity index is 1.41. The largest absolute Gasteiger partial charge is 0.489 e. The normalized spacial score (nSPS) is 22.2. The molecule has 1 amide bonds. The molecule has 8 nitrogen and oxygen atoms in total. The highest BCUT2D eigenvalue weighted by molar-refractivity contribution is 5.68. The van der Waals surface area contributed by atoms with E-state index in [0.717, 1.165) is 30.2 Å². The van der Waals surface area contributed by atoms with Gasteiger partial charge in [-0.15, -0.1) is 5.10 Å². The number of halogens is 2. The molecule has 0 spiro atoms. The van der Waals surface area contributed by atoms with Crippen molar-refractivity contribution in [2.45, 2.75) is 83.5 Å². The van der Waals surface area contributed by atoms with Crippen molar-refractivity contribution < 1.29 is 23.0 Å². The first kappa shape index (κ1) is 24.3. The molecule has 2 aromatic heterocycles. The Bertz CT molecular complexity index is 1020. The number of amides is 1. The van der Waals surface area contributed by atoms with Gasteiger partial charge >= 0.3 is 6.09 Å². The van der Waals surface area contributed by atoms with Crippen molar-refractivity contribution in [2.75, 3.05) is 7.05 Å². The van der Waals surface area contributed by atoms with Gasteiger partial charge in [0.15, 0.2) is 0 Å². The van der Waals surface area contributed by atoms with Crippen molar-refractivity contribution in [1.29, 1.82) is 0 Å². The number of rotatable bonds is 7. The summed E-state index contributed by atoms with van der Waals surface area (Å²) in [5, 5.41) is 8.26. The summed E-state index contributed by atoms with van der Waals surface area (Å²) in [6.45, 7) is 4.04. The SMILES string of the molecule is CC[C@@H]1CCC[C@H](Oc2ccc(-c3nnn(C)c3COC(=O)N(C)C3CC(F)(F)C3)nc2C)C1. The van der Waals surface area contributed by atoms with Gasteiger partial charge in [-0.1, -0.05) is 25.0 Å². The summed E-state index contributed by atoms with van der Waals surface area (Å²) < 4.78 is 39.4. The van der Waals surface area contributed by atoms with E-state index in [2.05, 4.69) is 22.2 Å². The molecule has 2 aliphatic carbocycles. The predicted molar refractivity (Wildman–Crippen MR) is 122 cm³/mol. The summed E-state index contributed by atoms with van der Waals surface area (Å²) in [5.41, 5.74) is 2.44. The lowest BCUT2D eigenvalue weighted by molar-refractivity contribution is -0.115. The van der Waals surface area contributed by atoms with E-state index in [1.165, 1.54) is 35.9 Å². The molecule has 2 heterocycles. The van der Waals surface area contributed by atoms with Crippen LogP contribution in [-0.4, -0.2) is 56.1 Å². The van der Waals surface area contributed by atoms with Crippen LogP contribution in [0.1, 0.15) is 63.3 Å². The highest BCUT2D eigenvalue weighted by atomic mass is 19.3. The number of hydrogen-bond donors (Lipinski definition) is 0. The van der Waals surface area contributed by atoms with Crippen LogP contribution < -0.4 is 4.74 Å². The summed E-state index contributed by atoms with van der Waals surface area (Å²) in [7, 11) is 3.18. The van der Waals surface area contributed by atoms with E-state index >= 15 is 0 Å². The molecule has 2 fully saturated rings. The molecule has 0 saturated heterocycles. The van der Waals surface area contributed by atoms with Gasteiger partial charge in [-0.05, 0) is 44.2 Å². The van der Waals surface area contributed by atoms with Crippen LogP contribution in [0, 0.1) is 12.8 Å². The van der Waals surface area contributed by atoms with Crippen LogP contribution in [0.25, 0.3) is 11.4 Å². The fraction of sp³-hybridized carbons (Fsp3) is 0.667. The van der Waals surface area contributed by atoms with E-state index in [0.29, 0.717) is 17.1 Å². The molecule has 2 aliphatic rings. The van der Waals surface area contributed by atoms with Crippen LogP contribution in [-0.2, 0) is 18.4 Å². The Morgan fingerprint density at radius 2 is 2.06 bits per heavy atom. The number of aromatic nitrogens is 4. The third-order valence-corrected chi connectivity index (χ3v) is 7.07. The summed E-state index contributed by atoms with van der Waals surface area (Å²) >= 11 is 0. The molecule has 186 valence electrons. The third kappa shape index (κ3) is 5.31. The maximum atomic E-state index is 13.1. The molecule has 2 aromatic rings. The van der Waals surface area contributed by atoms with Crippen LogP contribution in [0.4, 0.5) is 13.6 Å². The van der Waals surface area contributed by atoms with Gasteiger partial charge in [-0.25, -0.2) is 23.2 Å². The maximum Gasteiger partial charge on any atom is 0.410 e. The first-order chi connectivity index (χ1) is 16.2. The van der Waals surface area contributed by atoms with Crippen molar-refractivity contribution in [3.63, 3.8) is 0 Å². The minimum atomic E-state index is -2.70. The molecule has 10 heteroatoms. The molecule has 0 aliphatic heterocycles. The number of aryl methyl sites for hydroxylation is 2. The monoisotopic (exact) mass is 477 g/mol. The van der Waals surface area contributed by atoms with Crippen LogP contribution in [0.15, 0.2) is 12.1 Å². The highest BCUT2D eigenvalue weighted by Crippen LogP contribution is 2.40. The quantitative estimate of drug-likeness (QED) is 0.564. The Morgan fingerprint density at radius 3 is 2.74 bits per heavy atom. The first-order valence-electron chi connectivity index (χ1n) is 12.0. The van der Waals surface area contributed by atoms with Gasteiger partial charge in [0, 0.05) is 33.0 Å². The summed E-state index contributed by atoms with van der Waals surface area (Å²) in [4.78, 5) is 18.3. The number of nitrogens with zero attached hydrogens (tertiary/aromatic N) is 5. The van der Waals surface area contributed by atoms with E-state index in [1.807, 2.05) is 19.1 Å². The van der Waals surface area contributed by atoms with Crippen LogP contribution in [0.2, 0.25) is 0 Å². The number of ether oxygens (including phenoxy) is 2. The zero-order valence-corrected chi connectivity index (χ0v) is 20.3. The molecular weight excluding hydrogens is 444 g/mol.